The van der Waals surface area contributed by atoms with Gasteiger partial charge in [-0.25, -0.2) is 0 Å². The van der Waals surface area contributed by atoms with Crippen LogP contribution in [0, 0.1) is 88.3 Å². The molecule has 12 atom stereocenters. The smallest absolute Gasteiger partial charge is 0.0547 e. The highest BCUT2D eigenvalue weighted by Crippen LogP contribution is 2.70. The lowest BCUT2D eigenvalue weighted by Crippen LogP contribution is -2.50. The Bertz CT molecular complexity index is 958. The van der Waals surface area contributed by atoms with Crippen molar-refractivity contribution in [2.24, 2.45) is 88.3 Å². The average Bonchev–Trinajstić information content (AvgIpc) is 3.70. The summed E-state index contributed by atoms with van der Waals surface area (Å²) >= 11 is 0. The fourth-order valence-corrected chi connectivity index (χ4v) is 22.8. The molecule has 7 aliphatic rings. The van der Waals surface area contributed by atoms with E-state index in [0.717, 1.165) is 93.9 Å². The molecule has 0 aromatic carbocycles. The summed E-state index contributed by atoms with van der Waals surface area (Å²) in [5.41, 5.74) is 2.75. The molecule has 0 spiro atoms. The molecule has 12 unspecified atom stereocenters. The van der Waals surface area contributed by atoms with Gasteiger partial charge in [0.05, 0.1) is 8.07 Å². The fraction of sp³-hybridized carbons (Fsp3) is 1.00. The molecule has 252 valence electrons. The molecule has 7 rings (SSSR count). The van der Waals surface area contributed by atoms with E-state index in [1.165, 1.54) is 19.3 Å². The third-order valence-electron chi connectivity index (χ3n) is 17.6. The van der Waals surface area contributed by atoms with Crippen molar-refractivity contribution in [3.05, 3.63) is 0 Å². The molecule has 44 heavy (non-hydrogen) atoms. The summed E-state index contributed by atoms with van der Waals surface area (Å²) in [5.74, 6) is 14.9. The van der Waals surface area contributed by atoms with Crippen LogP contribution in [0.1, 0.15) is 157 Å². The lowest BCUT2D eigenvalue weighted by atomic mass is 9.58. The largest absolute Gasteiger partial charge is 0.0689 e. The Morgan fingerprint density at radius 3 is 1.84 bits per heavy atom. The van der Waals surface area contributed by atoms with Crippen molar-refractivity contribution in [2.75, 3.05) is 0 Å². The lowest BCUT2D eigenvalue weighted by Gasteiger charge is -2.53. The highest BCUT2D eigenvalue weighted by Gasteiger charge is 2.63. The SMILES string of the molecule is CC(C)C1CC2C(C3CCC(C(C)(C)C)CC3)CCCC2C1[Si](C)(C)C1C(C)CC2C1CC1CCCC1C2C1CCCCC1. The molecule has 0 N–H and O–H groups in total. The summed E-state index contributed by atoms with van der Waals surface area (Å²) < 4.78 is 0. The monoisotopic (exact) mass is 621 g/mol. The summed E-state index contributed by atoms with van der Waals surface area (Å²) in [7, 11) is -1.48. The van der Waals surface area contributed by atoms with E-state index in [4.69, 9.17) is 0 Å². The van der Waals surface area contributed by atoms with Gasteiger partial charge >= 0.3 is 0 Å². The maximum Gasteiger partial charge on any atom is 0.0547 e. The van der Waals surface area contributed by atoms with Crippen molar-refractivity contribution in [1.82, 2.24) is 0 Å². The molecule has 0 heterocycles. The lowest BCUT2D eigenvalue weighted by molar-refractivity contribution is 0.0157. The molecule has 0 amide bonds. The Morgan fingerprint density at radius 1 is 0.523 bits per heavy atom. The summed E-state index contributed by atoms with van der Waals surface area (Å²) in [4.78, 5) is 0. The van der Waals surface area contributed by atoms with Crippen LogP contribution in [0.5, 0.6) is 0 Å². The van der Waals surface area contributed by atoms with E-state index in [9.17, 15) is 0 Å². The first-order valence-corrected chi connectivity index (χ1v) is 24.1. The molecular formula is C43H76Si. The molecule has 0 nitrogen and oxygen atoms in total. The van der Waals surface area contributed by atoms with Gasteiger partial charge in [0.25, 0.3) is 0 Å². The predicted octanol–water partition coefficient (Wildman–Crippen LogP) is 13.3. The van der Waals surface area contributed by atoms with Gasteiger partial charge in [0.1, 0.15) is 0 Å². The zero-order chi connectivity index (χ0) is 31.0. The summed E-state index contributed by atoms with van der Waals surface area (Å²) in [6, 6.07) is 0. The van der Waals surface area contributed by atoms with Crippen LogP contribution in [0.4, 0.5) is 0 Å². The minimum atomic E-state index is -1.48. The maximum absolute atomic E-state index is 3.02. The first kappa shape index (κ1) is 32.7. The van der Waals surface area contributed by atoms with Crippen molar-refractivity contribution in [3.8, 4) is 0 Å². The van der Waals surface area contributed by atoms with Crippen LogP contribution in [0.2, 0.25) is 24.2 Å². The number of fused-ring (bicyclic) bond motifs is 3. The standard InChI is InChI=1S/C43H76Si/c1-27(2)36-26-37-33(29-20-22-32(23-21-29)43(4,5)6)17-13-19-35(37)42(36)44(7,8)41-28(3)24-38-39(41)25-31-16-12-18-34(31)40(38)30-14-10-9-11-15-30/h27-42H,9-26H2,1-8H3. The Balaban J connectivity index is 1.14. The highest BCUT2D eigenvalue weighted by molar-refractivity contribution is 6.80. The topological polar surface area (TPSA) is 0 Å². The van der Waals surface area contributed by atoms with Crippen LogP contribution in [0.3, 0.4) is 0 Å². The van der Waals surface area contributed by atoms with Gasteiger partial charge in [-0.2, -0.15) is 0 Å². The minimum Gasteiger partial charge on any atom is -0.0689 e. The Labute approximate surface area is 276 Å². The van der Waals surface area contributed by atoms with E-state index < -0.39 is 8.07 Å². The van der Waals surface area contributed by atoms with Gasteiger partial charge in [-0.15, -0.1) is 0 Å². The Morgan fingerprint density at radius 2 is 1.16 bits per heavy atom. The van der Waals surface area contributed by atoms with Crippen LogP contribution in [-0.4, -0.2) is 8.07 Å². The minimum absolute atomic E-state index is 0.514. The number of hydrogen-bond donors (Lipinski definition) is 0. The highest BCUT2D eigenvalue weighted by atomic mass is 28.3. The van der Waals surface area contributed by atoms with Crippen molar-refractivity contribution in [3.63, 3.8) is 0 Å². The predicted molar refractivity (Wildman–Crippen MR) is 193 cm³/mol. The van der Waals surface area contributed by atoms with Crippen LogP contribution < -0.4 is 0 Å². The molecule has 0 aromatic heterocycles. The van der Waals surface area contributed by atoms with Gasteiger partial charge in [-0.1, -0.05) is 112 Å². The first-order valence-electron chi connectivity index (χ1n) is 21.0. The van der Waals surface area contributed by atoms with Gasteiger partial charge in [0.2, 0.25) is 0 Å². The second kappa shape index (κ2) is 12.6. The number of rotatable bonds is 5. The zero-order valence-electron chi connectivity index (χ0n) is 31.0. The van der Waals surface area contributed by atoms with Crippen molar-refractivity contribution in [1.29, 1.82) is 0 Å². The van der Waals surface area contributed by atoms with Gasteiger partial charge in [-0.05, 0) is 157 Å². The van der Waals surface area contributed by atoms with E-state index in [2.05, 4.69) is 54.6 Å². The van der Waals surface area contributed by atoms with E-state index in [1.807, 2.05) is 0 Å². The molecule has 7 aliphatic carbocycles. The summed E-state index contributed by atoms with van der Waals surface area (Å²) in [6.07, 6.45) is 28.4. The molecule has 7 saturated carbocycles. The van der Waals surface area contributed by atoms with E-state index in [-0.39, 0.29) is 0 Å². The molecule has 0 aliphatic heterocycles. The Hall–Kier alpha value is 0.217. The van der Waals surface area contributed by atoms with Crippen LogP contribution in [0.15, 0.2) is 0 Å². The molecule has 0 saturated heterocycles. The van der Waals surface area contributed by atoms with Gasteiger partial charge in [0.15, 0.2) is 0 Å². The maximum atomic E-state index is 3.02. The quantitative estimate of drug-likeness (QED) is 0.268. The molecule has 0 aromatic rings. The zero-order valence-corrected chi connectivity index (χ0v) is 32.0. The third-order valence-corrected chi connectivity index (χ3v) is 22.9. The van der Waals surface area contributed by atoms with Crippen molar-refractivity contribution < 1.29 is 0 Å². The average molecular weight is 621 g/mol. The van der Waals surface area contributed by atoms with Gasteiger partial charge in [0, 0.05) is 0 Å². The third kappa shape index (κ3) is 5.70. The van der Waals surface area contributed by atoms with E-state index >= 15 is 0 Å². The molecule has 0 bridgehead atoms. The van der Waals surface area contributed by atoms with Crippen molar-refractivity contribution in [2.45, 2.75) is 181 Å². The van der Waals surface area contributed by atoms with E-state index in [0.29, 0.717) is 5.41 Å². The normalized spacial score (nSPS) is 48.8. The second-order valence-corrected chi connectivity index (χ2v) is 26.0. The fourth-order valence-electron chi connectivity index (χ4n) is 16.2. The van der Waals surface area contributed by atoms with Gasteiger partial charge < -0.3 is 0 Å². The molecule has 7 fully saturated rings. The first-order chi connectivity index (χ1) is 21.0. The van der Waals surface area contributed by atoms with Gasteiger partial charge in [-0.3, -0.25) is 0 Å². The van der Waals surface area contributed by atoms with Crippen molar-refractivity contribution >= 4 is 8.07 Å². The van der Waals surface area contributed by atoms with Crippen LogP contribution >= 0.6 is 0 Å². The summed E-state index contributed by atoms with van der Waals surface area (Å²) in [6.45, 7) is 21.7. The second-order valence-electron chi connectivity index (χ2n) is 21.0. The van der Waals surface area contributed by atoms with E-state index in [1.54, 1.807) is 96.3 Å². The number of hydrogen-bond acceptors (Lipinski definition) is 0. The van der Waals surface area contributed by atoms with Crippen LogP contribution in [0.25, 0.3) is 0 Å². The van der Waals surface area contributed by atoms with Crippen LogP contribution in [-0.2, 0) is 0 Å². The molecule has 0 radical (unpaired) electrons. The summed E-state index contributed by atoms with van der Waals surface area (Å²) in [5, 5.41) is 0. The molecular weight excluding hydrogens is 545 g/mol. The Kier molecular flexibility index (Phi) is 9.37. The molecule has 1 heteroatoms.